The highest BCUT2D eigenvalue weighted by molar-refractivity contribution is 7.99. The highest BCUT2D eigenvalue weighted by Gasteiger charge is 2.24. The number of thioether (sulfide) groups is 1. The summed E-state index contributed by atoms with van der Waals surface area (Å²) in [5.74, 6) is 1.12. The van der Waals surface area contributed by atoms with E-state index in [0.29, 0.717) is 0 Å². The maximum Gasteiger partial charge on any atom is 0.150 e. The molecule has 0 aromatic carbocycles. The van der Waals surface area contributed by atoms with Gasteiger partial charge in [-0.3, -0.25) is 4.68 Å². The van der Waals surface area contributed by atoms with Crippen LogP contribution in [0.1, 0.15) is 31.9 Å². The van der Waals surface area contributed by atoms with Gasteiger partial charge in [-0.1, -0.05) is 13.3 Å². The average Bonchev–Trinajstić information content (AvgIpc) is 2.65. The number of nitrogen functional groups attached to an aromatic ring is 1. The van der Waals surface area contributed by atoms with Gasteiger partial charge in [0.2, 0.25) is 0 Å². The van der Waals surface area contributed by atoms with Crippen molar-refractivity contribution >= 4 is 23.3 Å². The molecule has 1 fully saturated rings. The molecule has 2 rings (SSSR count). The fraction of sp³-hybridized carbons (Fsp3) is 0.769. The highest BCUT2D eigenvalue weighted by Crippen LogP contribution is 2.31. The molecule has 1 aliphatic rings. The van der Waals surface area contributed by atoms with Crippen molar-refractivity contribution in [3.05, 3.63) is 5.69 Å². The summed E-state index contributed by atoms with van der Waals surface area (Å²) in [6.45, 7) is 4.36. The van der Waals surface area contributed by atoms with E-state index < -0.39 is 0 Å². The smallest absolute Gasteiger partial charge is 0.150 e. The summed E-state index contributed by atoms with van der Waals surface area (Å²) in [4.78, 5) is 2.40. The molecule has 1 aromatic heterocycles. The van der Waals surface area contributed by atoms with E-state index in [1.54, 1.807) is 0 Å². The van der Waals surface area contributed by atoms with Crippen LogP contribution in [-0.4, -0.2) is 34.4 Å². The van der Waals surface area contributed by atoms with Gasteiger partial charge in [0.15, 0.2) is 0 Å². The number of anilines is 2. The van der Waals surface area contributed by atoms with Crippen molar-refractivity contribution in [2.75, 3.05) is 30.0 Å². The lowest BCUT2D eigenvalue weighted by molar-refractivity contribution is 0.573. The number of aromatic nitrogens is 2. The quantitative estimate of drug-likeness (QED) is 0.910. The first-order valence-electron chi connectivity index (χ1n) is 6.76. The van der Waals surface area contributed by atoms with Crippen molar-refractivity contribution in [3.63, 3.8) is 0 Å². The first-order chi connectivity index (χ1) is 8.67. The number of nitrogens with two attached hydrogens (primary N) is 1. The van der Waals surface area contributed by atoms with Crippen molar-refractivity contribution in [1.29, 1.82) is 0 Å². The third kappa shape index (κ3) is 2.60. The summed E-state index contributed by atoms with van der Waals surface area (Å²) in [7, 11) is 2.01. The second-order valence-corrected chi connectivity index (χ2v) is 6.12. The fourth-order valence-electron chi connectivity index (χ4n) is 2.69. The molecule has 0 bridgehead atoms. The first-order valence-corrected chi connectivity index (χ1v) is 8.05. The Bertz CT molecular complexity index is 394. The molecule has 2 N–H and O–H groups in total. The predicted molar refractivity (Wildman–Crippen MR) is 80.4 cm³/mol. The van der Waals surface area contributed by atoms with E-state index in [1.165, 1.54) is 12.8 Å². The standard InChI is InChI=1S/C13H24N4S/c1-4-5-11-12(14)13(16(2)15-11)17-8-6-10(18-3)7-9-17/h10H,4-9,14H2,1-3H3. The summed E-state index contributed by atoms with van der Waals surface area (Å²) in [5.41, 5.74) is 8.21. The number of nitrogens with zero attached hydrogens (tertiary/aromatic N) is 3. The molecule has 0 aliphatic carbocycles. The Labute approximate surface area is 114 Å². The molecule has 0 atom stereocenters. The zero-order chi connectivity index (χ0) is 13.1. The molecule has 1 saturated heterocycles. The first kappa shape index (κ1) is 13.6. The summed E-state index contributed by atoms with van der Waals surface area (Å²) in [6.07, 6.45) is 6.76. The molecule has 0 amide bonds. The van der Waals surface area contributed by atoms with Crippen molar-refractivity contribution in [2.24, 2.45) is 7.05 Å². The fourth-order valence-corrected chi connectivity index (χ4v) is 3.37. The monoisotopic (exact) mass is 268 g/mol. The lowest BCUT2D eigenvalue weighted by atomic mass is 10.1. The van der Waals surface area contributed by atoms with E-state index in [-0.39, 0.29) is 0 Å². The Morgan fingerprint density at radius 3 is 2.61 bits per heavy atom. The third-order valence-electron chi connectivity index (χ3n) is 3.69. The molecule has 1 aromatic rings. The second-order valence-electron chi connectivity index (χ2n) is 4.98. The van der Waals surface area contributed by atoms with Gasteiger partial charge < -0.3 is 10.6 Å². The van der Waals surface area contributed by atoms with Gasteiger partial charge in [0.1, 0.15) is 5.82 Å². The van der Waals surface area contributed by atoms with Crippen LogP contribution in [0.25, 0.3) is 0 Å². The predicted octanol–water partition coefficient (Wildman–Crippen LogP) is 2.29. The maximum absolute atomic E-state index is 6.26. The van der Waals surface area contributed by atoms with Crippen LogP contribution in [0.3, 0.4) is 0 Å². The summed E-state index contributed by atoms with van der Waals surface area (Å²) >= 11 is 1.98. The minimum atomic E-state index is 0.811. The molecule has 0 saturated carbocycles. The minimum absolute atomic E-state index is 0.811. The average molecular weight is 268 g/mol. The molecule has 5 heteroatoms. The van der Waals surface area contributed by atoms with Gasteiger partial charge in [-0.15, -0.1) is 0 Å². The summed E-state index contributed by atoms with van der Waals surface area (Å²) in [5, 5.41) is 5.37. The number of rotatable bonds is 4. The highest BCUT2D eigenvalue weighted by atomic mass is 32.2. The van der Waals surface area contributed by atoms with Crippen LogP contribution in [0.5, 0.6) is 0 Å². The topological polar surface area (TPSA) is 47.1 Å². The Morgan fingerprint density at radius 2 is 2.06 bits per heavy atom. The van der Waals surface area contributed by atoms with Gasteiger partial charge >= 0.3 is 0 Å². The van der Waals surface area contributed by atoms with Gasteiger partial charge in [-0.25, -0.2) is 0 Å². The SMILES string of the molecule is CCCc1nn(C)c(N2CCC(SC)CC2)c1N. The van der Waals surface area contributed by atoms with Crippen LogP contribution in [0.15, 0.2) is 0 Å². The molecule has 4 nitrogen and oxygen atoms in total. The lowest BCUT2D eigenvalue weighted by Gasteiger charge is -2.32. The molecule has 1 aliphatic heterocycles. The number of hydrogen-bond acceptors (Lipinski definition) is 4. The van der Waals surface area contributed by atoms with Crippen LogP contribution in [0.2, 0.25) is 0 Å². The van der Waals surface area contributed by atoms with E-state index in [4.69, 9.17) is 5.73 Å². The molecular formula is C13H24N4S. The molecule has 0 radical (unpaired) electrons. The minimum Gasteiger partial charge on any atom is -0.394 e. The summed E-state index contributed by atoms with van der Waals surface area (Å²) in [6, 6.07) is 0. The van der Waals surface area contributed by atoms with E-state index in [9.17, 15) is 0 Å². The Balaban J connectivity index is 2.13. The van der Waals surface area contributed by atoms with Gasteiger partial charge in [0.05, 0.1) is 11.4 Å². The zero-order valence-corrected chi connectivity index (χ0v) is 12.5. The van der Waals surface area contributed by atoms with Gasteiger partial charge in [-0.2, -0.15) is 16.9 Å². The number of aryl methyl sites for hydroxylation is 2. The Hall–Kier alpha value is -0.840. The van der Waals surface area contributed by atoms with Crippen LogP contribution in [-0.2, 0) is 13.5 Å². The Kier molecular flexibility index (Phi) is 4.43. The number of piperidine rings is 1. The maximum atomic E-state index is 6.26. The van der Waals surface area contributed by atoms with Crippen LogP contribution in [0, 0.1) is 0 Å². The van der Waals surface area contributed by atoms with Crippen molar-refractivity contribution < 1.29 is 0 Å². The molecule has 0 unspecified atom stereocenters. The summed E-state index contributed by atoms with van der Waals surface area (Å²) < 4.78 is 1.96. The van der Waals surface area contributed by atoms with Gasteiger partial charge in [-0.05, 0) is 25.5 Å². The normalized spacial score (nSPS) is 17.4. The van der Waals surface area contributed by atoms with Crippen molar-refractivity contribution in [3.8, 4) is 0 Å². The van der Waals surface area contributed by atoms with E-state index in [2.05, 4.69) is 23.2 Å². The Morgan fingerprint density at radius 1 is 1.39 bits per heavy atom. The van der Waals surface area contributed by atoms with E-state index >= 15 is 0 Å². The van der Waals surface area contributed by atoms with Crippen LogP contribution in [0.4, 0.5) is 11.5 Å². The molecule has 0 spiro atoms. The largest absolute Gasteiger partial charge is 0.394 e. The van der Waals surface area contributed by atoms with Crippen molar-refractivity contribution in [2.45, 2.75) is 37.9 Å². The van der Waals surface area contributed by atoms with Crippen molar-refractivity contribution in [1.82, 2.24) is 9.78 Å². The van der Waals surface area contributed by atoms with Crippen LogP contribution < -0.4 is 10.6 Å². The van der Waals surface area contributed by atoms with Gasteiger partial charge in [0.25, 0.3) is 0 Å². The second kappa shape index (κ2) is 5.87. The number of hydrogen-bond donors (Lipinski definition) is 1. The zero-order valence-electron chi connectivity index (χ0n) is 11.6. The van der Waals surface area contributed by atoms with Gasteiger partial charge in [0, 0.05) is 25.4 Å². The molecule has 102 valence electrons. The molecular weight excluding hydrogens is 244 g/mol. The third-order valence-corrected chi connectivity index (χ3v) is 4.83. The van der Waals surface area contributed by atoms with E-state index in [1.807, 2.05) is 23.5 Å². The molecule has 2 heterocycles. The lowest BCUT2D eigenvalue weighted by Crippen LogP contribution is -2.36. The van der Waals surface area contributed by atoms with E-state index in [0.717, 1.165) is 48.4 Å². The molecule has 18 heavy (non-hydrogen) atoms. The van der Waals surface area contributed by atoms with Crippen LogP contribution >= 0.6 is 11.8 Å².